The zero-order valence-corrected chi connectivity index (χ0v) is 24.3. The van der Waals surface area contributed by atoms with Gasteiger partial charge in [-0.2, -0.15) is 13.2 Å². The van der Waals surface area contributed by atoms with Crippen LogP contribution < -0.4 is 14.4 Å². The Balaban J connectivity index is 2.27. The molecule has 0 fully saturated rings. The number of nitrogens with zero attached hydrogens (tertiary/aromatic N) is 2. The van der Waals surface area contributed by atoms with Crippen molar-refractivity contribution >= 4 is 27.5 Å². The van der Waals surface area contributed by atoms with Gasteiger partial charge >= 0.3 is 6.18 Å². The summed E-state index contributed by atoms with van der Waals surface area (Å²) >= 11 is 0. The first-order valence-electron chi connectivity index (χ1n) is 13.1. The summed E-state index contributed by atoms with van der Waals surface area (Å²) in [6, 6.07) is 10.3. The summed E-state index contributed by atoms with van der Waals surface area (Å²) in [4.78, 5) is 28.0. The number of benzene rings is 2. The Kier molecular flexibility index (Phi) is 11.8. The summed E-state index contributed by atoms with van der Waals surface area (Å²) in [6.07, 6.45) is -2.76. The van der Waals surface area contributed by atoms with Crippen LogP contribution in [0.4, 0.5) is 18.9 Å². The Hall–Kier alpha value is -3.28. The third kappa shape index (κ3) is 9.42. The molecule has 2 aromatic carbocycles. The Bertz CT molecular complexity index is 1240. The van der Waals surface area contributed by atoms with Crippen molar-refractivity contribution in [1.29, 1.82) is 0 Å². The van der Waals surface area contributed by atoms with Crippen LogP contribution in [0.1, 0.15) is 57.6 Å². The van der Waals surface area contributed by atoms with Crippen LogP contribution >= 0.6 is 0 Å². The smallest absolute Gasteiger partial charge is 0.416 e. The Labute approximate surface area is 234 Å². The molecular weight excluding hydrogens is 547 g/mol. The third-order valence-electron chi connectivity index (χ3n) is 6.51. The molecule has 8 nitrogen and oxygen atoms in total. The molecule has 0 heterocycles. The van der Waals surface area contributed by atoms with Crippen LogP contribution in [0.25, 0.3) is 0 Å². The maximum absolute atomic E-state index is 13.5. The van der Waals surface area contributed by atoms with E-state index in [1.807, 2.05) is 13.8 Å². The molecule has 2 atom stereocenters. The number of nitrogens with one attached hydrogen (secondary N) is 1. The van der Waals surface area contributed by atoms with Crippen LogP contribution in [0, 0.1) is 0 Å². The first kappa shape index (κ1) is 32.9. The number of methoxy groups -OCH3 is 1. The van der Waals surface area contributed by atoms with E-state index in [1.165, 1.54) is 18.1 Å². The van der Waals surface area contributed by atoms with Gasteiger partial charge < -0.3 is 15.0 Å². The molecule has 40 heavy (non-hydrogen) atoms. The molecule has 2 aromatic rings. The van der Waals surface area contributed by atoms with Crippen molar-refractivity contribution in [3.8, 4) is 5.75 Å². The fourth-order valence-electron chi connectivity index (χ4n) is 4.13. The van der Waals surface area contributed by atoms with E-state index in [0.717, 1.165) is 34.3 Å². The van der Waals surface area contributed by atoms with Gasteiger partial charge in [-0.1, -0.05) is 32.0 Å². The summed E-state index contributed by atoms with van der Waals surface area (Å²) in [5.41, 5.74) is -0.344. The second-order valence-corrected chi connectivity index (χ2v) is 11.5. The quantitative estimate of drug-likeness (QED) is 0.337. The zero-order chi connectivity index (χ0) is 30.1. The van der Waals surface area contributed by atoms with E-state index >= 15 is 0 Å². The number of anilines is 1. The molecule has 1 N–H and O–H groups in total. The summed E-state index contributed by atoms with van der Waals surface area (Å²) in [7, 11) is -2.40. The van der Waals surface area contributed by atoms with Crippen molar-refractivity contribution in [1.82, 2.24) is 10.2 Å². The van der Waals surface area contributed by atoms with E-state index in [0.29, 0.717) is 18.6 Å². The first-order chi connectivity index (χ1) is 18.7. The van der Waals surface area contributed by atoms with Gasteiger partial charge in [0, 0.05) is 25.6 Å². The Morgan fingerprint density at radius 3 is 2.23 bits per heavy atom. The monoisotopic (exact) mass is 585 g/mol. The van der Waals surface area contributed by atoms with Gasteiger partial charge in [0.2, 0.25) is 21.8 Å². The Morgan fingerprint density at radius 1 is 1.05 bits per heavy atom. The molecule has 2 unspecified atom stereocenters. The maximum Gasteiger partial charge on any atom is 0.416 e. The predicted molar refractivity (Wildman–Crippen MR) is 148 cm³/mol. The minimum atomic E-state index is -4.64. The van der Waals surface area contributed by atoms with Crippen molar-refractivity contribution in [2.45, 2.75) is 71.3 Å². The molecule has 0 aliphatic carbocycles. The van der Waals surface area contributed by atoms with Crippen LogP contribution in [-0.2, 0) is 32.3 Å². The summed E-state index contributed by atoms with van der Waals surface area (Å²) in [5, 5.41) is 2.92. The molecule has 0 bridgehead atoms. The number of amides is 2. The second kappa shape index (κ2) is 14.4. The van der Waals surface area contributed by atoms with Crippen LogP contribution in [0.3, 0.4) is 0 Å². The van der Waals surface area contributed by atoms with E-state index in [4.69, 9.17) is 4.74 Å². The van der Waals surface area contributed by atoms with E-state index in [2.05, 4.69) is 5.32 Å². The molecule has 222 valence electrons. The molecule has 12 heteroatoms. The Morgan fingerprint density at radius 2 is 1.70 bits per heavy atom. The number of carbonyl (C=O) groups excluding carboxylic acids is 2. The lowest BCUT2D eigenvalue weighted by molar-refractivity contribution is -0.141. The van der Waals surface area contributed by atoms with Crippen LogP contribution in [-0.4, -0.2) is 57.1 Å². The lowest BCUT2D eigenvalue weighted by atomic mass is 10.1. The van der Waals surface area contributed by atoms with Crippen molar-refractivity contribution < 1.29 is 35.9 Å². The van der Waals surface area contributed by atoms with Crippen molar-refractivity contribution in [3.63, 3.8) is 0 Å². The average Bonchev–Trinajstić information content (AvgIpc) is 2.90. The summed E-state index contributed by atoms with van der Waals surface area (Å²) < 4.78 is 70.6. The minimum absolute atomic E-state index is 0.0324. The lowest BCUT2D eigenvalue weighted by Crippen LogP contribution is -2.50. The summed E-state index contributed by atoms with van der Waals surface area (Å²) in [6.45, 7) is 5.53. The van der Waals surface area contributed by atoms with Gasteiger partial charge in [0.05, 0.1) is 24.6 Å². The van der Waals surface area contributed by atoms with Crippen LogP contribution in [0.15, 0.2) is 48.5 Å². The fraction of sp³-hybridized carbons (Fsp3) is 0.500. The highest BCUT2D eigenvalue weighted by Crippen LogP contribution is 2.32. The van der Waals surface area contributed by atoms with E-state index in [9.17, 15) is 31.2 Å². The molecule has 0 aliphatic rings. The van der Waals surface area contributed by atoms with Gasteiger partial charge in [0.25, 0.3) is 0 Å². The molecule has 0 aliphatic heterocycles. The van der Waals surface area contributed by atoms with E-state index in [-0.39, 0.29) is 49.5 Å². The van der Waals surface area contributed by atoms with Gasteiger partial charge in [0.1, 0.15) is 11.8 Å². The van der Waals surface area contributed by atoms with E-state index < -0.39 is 27.8 Å². The molecule has 2 amide bonds. The van der Waals surface area contributed by atoms with Crippen LogP contribution in [0.5, 0.6) is 5.75 Å². The van der Waals surface area contributed by atoms with Crippen LogP contribution in [0.2, 0.25) is 0 Å². The maximum atomic E-state index is 13.5. The first-order valence-corrected chi connectivity index (χ1v) is 14.9. The SMILES string of the molecule is CCC(C)NC(=O)C(CC)N(Cc1ccc(OC)cc1)C(=O)CCCN(c1cccc(C(F)(F)F)c1)S(C)(=O)=O. The topological polar surface area (TPSA) is 96.0 Å². The molecule has 2 rings (SSSR count). The summed E-state index contributed by atoms with van der Waals surface area (Å²) in [5.74, 6) is -0.0291. The number of halogens is 3. The number of ether oxygens (including phenoxy) is 1. The van der Waals surface area contributed by atoms with Gasteiger partial charge in [-0.25, -0.2) is 8.42 Å². The zero-order valence-electron chi connectivity index (χ0n) is 23.5. The molecule has 0 spiro atoms. The third-order valence-corrected chi connectivity index (χ3v) is 7.71. The van der Waals surface area contributed by atoms with Crippen molar-refractivity contribution in [3.05, 3.63) is 59.7 Å². The molecule has 0 saturated heterocycles. The van der Waals surface area contributed by atoms with Gasteiger partial charge in [0.15, 0.2) is 0 Å². The number of carbonyl (C=O) groups is 2. The van der Waals surface area contributed by atoms with Gasteiger partial charge in [-0.15, -0.1) is 0 Å². The number of alkyl halides is 3. The standard InChI is InChI=1S/C28H38F3N3O5S/c1-6-20(3)32-27(36)25(7-2)33(19-21-13-15-24(39-4)16-14-21)26(35)12-9-17-34(40(5,37)38)23-11-8-10-22(18-23)28(29,30)31/h8,10-11,13-16,18,20,25H,6-7,9,12,17,19H2,1-5H3,(H,32,36). The molecular formula is C28H38F3N3O5S. The normalized spacial score (nSPS) is 13.3. The fourth-order valence-corrected chi connectivity index (χ4v) is 5.09. The van der Waals surface area contributed by atoms with Crippen molar-refractivity contribution in [2.75, 3.05) is 24.2 Å². The minimum Gasteiger partial charge on any atom is -0.497 e. The highest BCUT2D eigenvalue weighted by molar-refractivity contribution is 7.92. The largest absolute Gasteiger partial charge is 0.497 e. The van der Waals surface area contributed by atoms with Gasteiger partial charge in [-0.3, -0.25) is 13.9 Å². The number of sulfonamides is 1. The van der Waals surface area contributed by atoms with Gasteiger partial charge in [-0.05, 0) is 62.1 Å². The number of hydrogen-bond donors (Lipinski definition) is 1. The molecule has 0 aromatic heterocycles. The average molecular weight is 586 g/mol. The second-order valence-electron chi connectivity index (χ2n) is 9.60. The number of rotatable bonds is 14. The van der Waals surface area contributed by atoms with Crippen molar-refractivity contribution in [2.24, 2.45) is 0 Å². The molecule has 0 radical (unpaired) electrons. The highest BCUT2D eigenvalue weighted by atomic mass is 32.2. The lowest BCUT2D eigenvalue weighted by Gasteiger charge is -2.32. The highest BCUT2D eigenvalue weighted by Gasteiger charge is 2.32. The number of hydrogen-bond acceptors (Lipinski definition) is 5. The molecule has 0 saturated carbocycles. The van der Waals surface area contributed by atoms with E-state index in [1.54, 1.807) is 31.2 Å². The predicted octanol–water partition coefficient (Wildman–Crippen LogP) is 4.98.